The first kappa shape index (κ1) is 12.0. The molecular formula is C13H11BrN4O. The molecule has 96 valence electrons. The lowest BCUT2D eigenvalue weighted by Gasteiger charge is -1.99. The van der Waals surface area contributed by atoms with Crippen molar-refractivity contribution in [1.29, 1.82) is 0 Å². The fourth-order valence-corrected chi connectivity index (χ4v) is 2.08. The lowest BCUT2D eigenvalue weighted by molar-refractivity contribution is 0.472. The Bertz CT molecular complexity index is 753. The predicted octanol–water partition coefficient (Wildman–Crippen LogP) is 3.13. The summed E-state index contributed by atoms with van der Waals surface area (Å²) < 4.78 is 0.656. The molecule has 0 bridgehead atoms. The molecule has 19 heavy (non-hydrogen) atoms. The fourth-order valence-electron chi connectivity index (χ4n) is 1.83. The molecular weight excluding hydrogens is 308 g/mol. The van der Waals surface area contributed by atoms with Gasteiger partial charge in [-0.15, -0.1) is 0 Å². The Labute approximate surface area is 117 Å². The van der Waals surface area contributed by atoms with Crippen LogP contribution in [-0.2, 0) is 0 Å². The molecule has 0 radical (unpaired) electrons. The lowest BCUT2D eigenvalue weighted by Crippen LogP contribution is -1.91. The van der Waals surface area contributed by atoms with E-state index in [9.17, 15) is 5.11 Å². The van der Waals surface area contributed by atoms with Gasteiger partial charge in [0.15, 0.2) is 5.65 Å². The molecule has 0 amide bonds. The smallest absolute Gasteiger partial charge is 0.180 e. The zero-order valence-corrected chi connectivity index (χ0v) is 11.7. The van der Waals surface area contributed by atoms with Gasteiger partial charge in [-0.25, -0.2) is 9.97 Å². The summed E-state index contributed by atoms with van der Waals surface area (Å²) in [7, 11) is 1.81. The number of benzene rings is 1. The van der Waals surface area contributed by atoms with Crippen LogP contribution in [0.4, 0.5) is 5.82 Å². The van der Waals surface area contributed by atoms with Crippen molar-refractivity contribution in [3.05, 3.63) is 34.8 Å². The highest BCUT2D eigenvalue weighted by atomic mass is 79.9. The van der Waals surface area contributed by atoms with E-state index in [0.717, 1.165) is 16.9 Å². The Morgan fingerprint density at radius 3 is 2.79 bits per heavy atom. The zero-order valence-electron chi connectivity index (χ0n) is 10.1. The van der Waals surface area contributed by atoms with Gasteiger partial charge in [0.2, 0.25) is 0 Å². The SMILES string of the molecule is CNc1ccc2[nH]c(-c3ccc(Br)c(O)c3)nc2n1. The Morgan fingerprint density at radius 2 is 2.05 bits per heavy atom. The number of nitrogens with zero attached hydrogens (tertiary/aromatic N) is 2. The minimum absolute atomic E-state index is 0.182. The van der Waals surface area contributed by atoms with Crippen LogP contribution in [0, 0.1) is 0 Å². The van der Waals surface area contributed by atoms with Crippen molar-refractivity contribution in [1.82, 2.24) is 15.0 Å². The third kappa shape index (κ3) is 2.15. The van der Waals surface area contributed by atoms with Gasteiger partial charge in [0, 0.05) is 12.6 Å². The third-order valence-electron chi connectivity index (χ3n) is 2.82. The van der Waals surface area contributed by atoms with E-state index in [-0.39, 0.29) is 5.75 Å². The van der Waals surface area contributed by atoms with Crippen molar-refractivity contribution in [2.45, 2.75) is 0 Å². The largest absolute Gasteiger partial charge is 0.507 e. The Morgan fingerprint density at radius 1 is 1.21 bits per heavy atom. The molecule has 2 aromatic heterocycles. The van der Waals surface area contributed by atoms with Gasteiger partial charge in [0.05, 0.1) is 9.99 Å². The first-order chi connectivity index (χ1) is 9.17. The minimum atomic E-state index is 0.182. The maximum absolute atomic E-state index is 9.70. The van der Waals surface area contributed by atoms with Crippen LogP contribution in [0.1, 0.15) is 0 Å². The minimum Gasteiger partial charge on any atom is -0.507 e. The van der Waals surface area contributed by atoms with Gasteiger partial charge in [-0.3, -0.25) is 0 Å². The highest BCUT2D eigenvalue weighted by Gasteiger charge is 2.08. The number of nitrogens with one attached hydrogen (secondary N) is 2. The summed E-state index contributed by atoms with van der Waals surface area (Å²) in [5.41, 5.74) is 2.31. The summed E-state index contributed by atoms with van der Waals surface area (Å²) in [5.74, 6) is 1.63. The van der Waals surface area contributed by atoms with E-state index in [1.165, 1.54) is 0 Å². The Kier molecular flexibility index (Phi) is 2.87. The summed E-state index contributed by atoms with van der Waals surface area (Å²) in [6, 6.07) is 9.11. The van der Waals surface area contributed by atoms with E-state index in [1.54, 1.807) is 12.1 Å². The molecule has 1 aromatic carbocycles. The molecule has 0 saturated carbocycles. The number of aromatic nitrogens is 3. The average Bonchev–Trinajstić information content (AvgIpc) is 2.84. The summed E-state index contributed by atoms with van der Waals surface area (Å²) in [6.45, 7) is 0. The van der Waals surface area contributed by atoms with Crippen LogP contribution < -0.4 is 5.32 Å². The van der Waals surface area contributed by atoms with Crippen molar-refractivity contribution >= 4 is 32.9 Å². The second kappa shape index (κ2) is 4.55. The van der Waals surface area contributed by atoms with Gasteiger partial charge in [-0.1, -0.05) is 0 Å². The Balaban J connectivity index is 2.11. The van der Waals surface area contributed by atoms with Crippen molar-refractivity contribution in [2.75, 3.05) is 12.4 Å². The number of halogens is 1. The van der Waals surface area contributed by atoms with E-state index in [0.29, 0.717) is 15.9 Å². The highest BCUT2D eigenvalue weighted by Crippen LogP contribution is 2.29. The van der Waals surface area contributed by atoms with Crippen molar-refractivity contribution in [2.24, 2.45) is 0 Å². The lowest BCUT2D eigenvalue weighted by atomic mass is 10.2. The number of imidazole rings is 1. The van der Waals surface area contributed by atoms with Crippen LogP contribution in [-0.4, -0.2) is 27.1 Å². The van der Waals surface area contributed by atoms with Gasteiger partial charge in [0.1, 0.15) is 17.4 Å². The number of hydrogen-bond acceptors (Lipinski definition) is 4. The van der Waals surface area contributed by atoms with Crippen LogP contribution >= 0.6 is 15.9 Å². The van der Waals surface area contributed by atoms with Gasteiger partial charge >= 0.3 is 0 Å². The monoisotopic (exact) mass is 318 g/mol. The summed E-state index contributed by atoms with van der Waals surface area (Å²) in [6.07, 6.45) is 0. The molecule has 5 nitrogen and oxygen atoms in total. The number of H-pyrrole nitrogens is 1. The number of aromatic hydroxyl groups is 1. The number of anilines is 1. The van der Waals surface area contributed by atoms with Crippen LogP contribution in [0.25, 0.3) is 22.6 Å². The summed E-state index contributed by atoms with van der Waals surface area (Å²) >= 11 is 3.25. The molecule has 6 heteroatoms. The number of rotatable bonds is 2. The number of phenols is 1. The van der Waals surface area contributed by atoms with Crippen molar-refractivity contribution in [3.8, 4) is 17.1 Å². The van der Waals surface area contributed by atoms with Crippen LogP contribution in [0.3, 0.4) is 0 Å². The Hall–Kier alpha value is -2.08. The van der Waals surface area contributed by atoms with Crippen LogP contribution in [0.5, 0.6) is 5.75 Å². The number of fused-ring (bicyclic) bond motifs is 1. The molecule has 0 saturated heterocycles. The quantitative estimate of drug-likeness (QED) is 0.678. The molecule has 0 fully saturated rings. The molecule has 0 aliphatic rings. The van der Waals surface area contributed by atoms with E-state index < -0.39 is 0 Å². The molecule has 0 atom stereocenters. The van der Waals surface area contributed by atoms with Crippen LogP contribution in [0.15, 0.2) is 34.8 Å². The predicted molar refractivity (Wildman–Crippen MR) is 78.2 cm³/mol. The van der Waals surface area contributed by atoms with E-state index >= 15 is 0 Å². The third-order valence-corrected chi connectivity index (χ3v) is 3.49. The standard InChI is InChI=1S/C13H11BrN4O/c1-15-11-5-4-9-13(17-11)18-12(16-9)7-2-3-8(14)10(19)6-7/h2-6,19H,1H3,(H2,15,16,17,18). The van der Waals surface area contributed by atoms with E-state index in [2.05, 4.69) is 36.2 Å². The molecule has 3 rings (SSSR count). The summed E-state index contributed by atoms with van der Waals surface area (Å²) in [5, 5.41) is 12.7. The molecule has 0 spiro atoms. The van der Waals surface area contributed by atoms with Gasteiger partial charge in [0.25, 0.3) is 0 Å². The van der Waals surface area contributed by atoms with Crippen molar-refractivity contribution < 1.29 is 5.11 Å². The van der Waals surface area contributed by atoms with Gasteiger partial charge in [-0.2, -0.15) is 0 Å². The zero-order chi connectivity index (χ0) is 13.4. The first-order valence-electron chi connectivity index (χ1n) is 5.71. The second-order valence-corrected chi connectivity index (χ2v) is 4.92. The fraction of sp³-hybridized carbons (Fsp3) is 0.0769. The number of phenolic OH excluding ortho intramolecular Hbond substituents is 1. The summed E-state index contributed by atoms with van der Waals surface area (Å²) in [4.78, 5) is 12.0. The molecule has 0 aliphatic heterocycles. The van der Waals surface area contributed by atoms with Crippen molar-refractivity contribution in [3.63, 3.8) is 0 Å². The van der Waals surface area contributed by atoms with E-state index in [1.807, 2.05) is 25.2 Å². The highest BCUT2D eigenvalue weighted by molar-refractivity contribution is 9.10. The normalized spacial score (nSPS) is 10.8. The number of pyridine rings is 1. The topological polar surface area (TPSA) is 73.8 Å². The maximum Gasteiger partial charge on any atom is 0.180 e. The number of aromatic amines is 1. The average molecular weight is 319 g/mol. The molecule has 3 aromatic rings. The van der Waals surface area contributed by atoms with Crippen LogP contribution in [0.2, 0.25) is 0 Å². The molecule has 0 aliphatic carbocycles. The van der Waals surface area contributed by atoms with Gasteiger partial charge < -0.3 is 15.4 Å². The first-order valence-corrected chi connectivity index (χ1v) is 6.50. The number of hydrogen-bond donors (Lipinski definition) is 3. The maximum atomic E-state index is 9.70. The second-order valence-electron chi connectivity index (χ2n) is 4.07. The molecule has 0 unspecified atom stereocenters. The van der Waals surface area contributed by atoms with Gasteiger partial charge in [-0.05, 0) is 46.3 Å². The van der Waals surface area contributed by atoms with E-state index in [4.69, 9.17) is 0 Å². The molecule has 3 N–H and O–H groups in total. The molecule has 2 heterocycles.